The minimum atomic E-state index is -0.489. The number of carbonyl (C=O) groups is 1. The first-order valence-corrected chi connectivity index (χ1v) is 16.0. The lowest BCUT2D eigenvalue weighted by molar-refractivity contribution is -0.117. The molecular formula is C33H42N8O3S. The van der Waals surface area contributed by atoms with Crippen LogP contribution in [0.25, 0.3) is 5.70 Å². The molecule has 11 nitrogen and oxygen atoms in total. The molecule has 0 radical (unpaired) electrons. The van der Waals surface area contributed by atoms with Crippen LogP contribution in [0.15, 0.2) is 30.4 Å². The highest BCUT2D eigenvalue weighted by Crippen LogP contribution is 2.44. The number of carbonyl (C=O) groups excluding carboxylic acids is 1. The molecule has 4 heterocycles. The molecule has 1 saturated heterocycles. The molecule has 0 bridgehead atoms. The molecule has 1 aliphatic heterocycles. The van der Waals surface area contributed by atoms with E-state index in [1.54, 1.807) is 6.07 Å². The third-order valence-corrected chi connectivity index (χ3v) is 8.71. The summed E-state index contributed by atoms with van der Waals surface area (Å²) in [5.74, 6) is 0.415. The van der Waals surface area contributed by atoms with Gasteiger partial charge in [-0.25, -0.2) is 9.97 Å². The van der Waals surface area contributed by atoms with E-state index >= 15 is 0 Å². The average molecular weight is 631 g/mol. The van der Waals surface area contributed by atoms with Gasteiger partial charge in [0.2, 0.25) is 11.8 Å². The largest absolute Gasteiger partial charge is 0.476 e. The van der Waals surface area contributed by atoms with Crippen molar-refractivity contribution in [2.24, 2.45) is 5.73 Å². The number of hydrogen-bond acceptors (Lipinski definition) is 12. The van der Waals surface area contributed by atoms with Crippen molar-refractivity contribution < 1.29 is 14.3 Å². The Morgan fingerprint density at radius 3 is 2.53 bits per heavy atom. The number of nitrogens with two attached hydrogens (primary N) is 2. The lowest BCUT2D eigenvalue weighted by Crippen LogP contribution is -2.30. The maximum absolute atomic E-state index is 14.1. The second-order valence-corrected chi connectivity index (χ2v) is 11.5. The van der Waals surface area contributed by atoms with Crippen LogP contribution in [-0.4, -0.2) is 56.9 Å². The number of thiophene rings is 1. The summed E-state index contributed by atoms with van der Waals surface area (Å²) < 4.78 is 12.0. The van der Waals surface area contributed by atoms with Crippen molar-refractivity contribution in [1.82, 2.24) is 24.8 Å². The number of allylic oxidation sites excluding steroid dienone is 1. The van der Waals surface area contributed by atoms with Crippen molar-refractivity contribution in [1.29, 1.82) is 5.26 Å². The average Bonchev–Trinajstić information content (AvgIpc) is 3.64. The fourth-order valence-electron chi connectivity index (χ4n) is 5.52. The molecule has 238 valence electrons. The normalized spacial score (nSPS) is 17.7. The zero-order valence-electron chi connectivity index (χ0n) is 26.5. The van der Waals surface area contributed by atoms with Gasteiger partial charge in [-0.1, -0.05) is 27.2 Å². The van der Waals surface area contributed by atoms with Gasteiger partial charge in [-0.05, 0) is 57.7 Å². The molecule has 0 saturated carbocycles. The van der Waals surface area contributed by atoms with Gasteiger partial charge in [0.1, 0.15) is 24.0 Å². The van der Waals surface area contributed by atoms with E-state index in [2.05, 4.69) is 50.8 Å². The van der Waals surface area contributed by atoms with Crippen LogP contribution in [0.1, 0.15) is 87.0 Å². The van der Waals surface area contributed by atoms with Gasteiger partial charge in [0.25, 0.3) is 0 Å². The second-order valence-electron chi connectivity index (χ2n) is 10.4. The quantitative estimate of drug-likeness (QED) is 0.215. The summed E-state index contributed by atoms with van der Waals surface area (Å²) in [5.41, 5.74) is 14.6. The number of likely N-dealkylation sites (tertiary alicyclic amines) is 1. The number of nitriles is 1. The van der Waals surface area contributed by atoms with Crippen LogP contribution in [0.2, 0.25) is 0 Å². The molecule has 0 amide bonds. The van der Waals surface area contributed by atoms with E-state index in [9.17, 15) is 10.1 Å². The molecule has 2 aliphatic rings. The Kier molecular flexibility index (Phi) is 13.3. The molecule has 4 N–H and O–H groups in total. The van der Waals surface area contributed by atoms with E-state index in [-0.39, 0.29) is 29.2 Å². The fraction of sp³-hybridized carbons (Fsp3) is 0.455. The molecule has 12 heteroatoms. The highest BCUT2D eigenvalue weighted by molar-refractivity contribution is 7.16. The molecule has 3 aromatic heterocycles. The van der Waals surface area contributed by atoms with Crippen LogP contribution in [0.5, 0.6) is 17.5 Å². The molecule has 0 aromatic carbocycles. The summed E-state index contributed by atoms with van der Waals surface area (Å²) in [6.45, 7) is 7.46. The van der Waals surface area contributed by atoms with Crippen LogP contribution >= 0.6 is 11.3 Å². The number of Topliss-reactive ketones (excluding diaryl/α,β-unsaturated/α-hetero) is 1. The third-order valence-electron chi connectivity index (χ3n) is 7.62. The monoisotopic (exact) mass is 630 g/mol. The first-order chi connectivity index (χ1) is 21.9. The number of aromatic nitrogens is 4. The van der Waals surface area contributed by atoms with Crippen molar-refractivity contribution in [2.75, 3.05) is 25.9 Å². The van der Waals surface area contributed by atoms with Gasteiger partial charge in [0.15, 0.2) is 17.4 Å². The van der Waals surface area contributed by atoms with E-state index in [0.29, 0.717) is 53.6 Å². The summed E-state index contributed by atoms with van der Waals surface area (Å²) in [4.78, 5) is 34.5. The number of nitrogen functional groups attached to an aromatic ring is 1. The van der Waals surface area contributed by atoms with Crippen LogP contribution in [-0.2, 0) is 11.2 Å². The number of fused-ring (bicyclic) bond motifs is 1. The minimum absolute atomic E-state index is 0.124. The zero-order chi connectivity index (χ0) is 32.9. The van der Waals surface area contributed by atoms with Crippen molar-refractivity contribution in [3.05, 3.63) is 52.2 Å². The van der Waals surface area contributed by atoms with Crippen LogP contribution < -0.4 is 20.9 Å². The maximum atomic E-state index is 14.1. The third kappa shape index (κ3) is 8.35. The predicted molar refractivity (Wildman–Crippen MR) is 177 cm³/mol. The Morgan fingerprint density at radius 1 is 1.18 bits per heavy atom. The van der Waals surface area contributed by atoms with Gasteiger partial charge in [0, 0.05) is 22.4 Å². The molecule has 1 fully saturated rings. The Hall–Kier alpha value is -4.52. The van der Waals surface area contributed by atoms with Gasteiger partial charge in [0.05, 0.1) is 29.7 Å². The van der Waals surface area contributed by atoms with Gasteiger partial charge in [-0.3, -0.25) is 4.79 Å². The smallest absolute Gasteiger partial charge is 0.226 e. The van der Waals surface area contributed by atoms with Crippen molar-refractivity contribution >= 4 is 27.8 Å². The SMILES string of the molecule is C#C.CC.CCC/C(C(=O)[C@H]1CCCc2sc(N)c(C#N)c21)=C(/N)c1nc(OC[C@@H]2CCCN2C)cc(Oc2cncnc2)n1. The first kappa shape index (κ1) is 35.0. The van der Waals surface area contributed by atoms with Crippen molar-refractivity contribution in [2.45, 2.75) is 77.7 Å². The summed E-state index contributed by atoms with van der Waals surface area (Å²) in [6, 6.07) is 4.09. The summed E-state index contributed by atoms with van der Waals surface area (Å²) in [5, 5.41) is 10.2. The van der Waals surface area contributed by atoms with Gasteiger partial charge >= 0.3 is 0 Å². The summed E-state index contributed by atoms with van der Waals surface area (Å²) >= 11 is 1.40. The molecule has 3 aromatic rings. The highest BCUT2D eigenvalue weighted by Gasteiger charge is 2.34. The zero-order valence-corrected chi connectivity index (χ0v) is 27.3. The fourth-order valence-corrected chi connectivity index (χ4v) is 6.64. The molecular weight excluding hydrogens is 588 g/mol. The molecule has 0 unspecified atom stereocenters. The number of anilines is 1. The number of nitrogens with zero attached hydrogens (tertiary/aromatic N) is 6. The van der Waals surface area contributed by atoms with Crippen LogP contribution in [0, 0.1) is 24.2 Å². The van der Waals surface area contributed by atoms with Crippen molar-refractivity contribution in [3.63, 3.8) is 0 Å². The number of ether oxygens (including phenoxy) is 2. The lowest BCUT2D eigenvalue weighted by Gasteiger charge is -2.24. The van der Waals surface area contributed by atoms with E-state index in [0.717, 1.165) is 42.7 Å². The Bertz CT molecular complexity index is 1530. The number of hydrogen-bond donors (Lipinski definition) is 2. The Labute approximate surface area is 269 Å². The van der Waals surface area contributed by atoms with Crippen molar-refractivity contribution in [3.8, 4) is 36.4 Å². The predicted octanol–water partition coefficient (Wildman–Crippen LogP) is 5.48. The Balaban J connectivity index is 0.00000133. The minimum Gasteiger partial charge on any atom is -0.476 e. The highest BCUT2D eigenvalue weighted by atomic mass is 32.1. The lowest BCUT2D eigenvalue weighted by atomic mass is 9.79. The number of terminal acetylenes is 1. The molecule has 5 rings (SSSR count). The van der Waals surface area contributed by atoms with Gasteiger partial charge in [-0.15, -0.1) is 24.2 Å². The van der Waals surface area contributed by atoms with E-state index < -0.39 is 5.92 Å². The molecule has 1 aliphatic carbocycles. The van der Waals surface area contributed by atoms with E-state index in [4.69, 9.17) is 20.9 Å². The summed E-state index contributed by atoms with van der Waals surface area (Å²) in [6.07, 6.45) is 18.0. The van der Waals surface area contributed by atoms with E-state index in [1.807, 2.05) is 20.8 Å². The standard InChI is InChI=1S/C29H34N8O3S.C2H6.C2H2/c1-3-6-20(27(38)19-8-4-9-22-25(19)21(12-30)28(32)41-22)26(31)29-35-23(39-15-17-7-5-10-37(17)2)11-24(36-29)40-18-13-33-16-34-14-18;2*1-2/h11,13-14,16-17,19H,3-10,15,31-32H2,1-2H3;1-2H3;1-2H/b26-20-;;/t17-,19-;;/m0../s1. The first-order valence-electron chi connectivity index (χ1n) is 15.2. The molecule has 0 spiro atoms. The van der Waals surface area contributed by atoms with Crippen LogP contribution in [0.4, 0.5) is 5.00 Å². The van der Waals surface area contributed by atoms with Gasteiger partial charge in [-0.2, -0.15) is 15.2 Å². The number of aryl methyl sites for hydroxylation is 1. The number of rotatable bonds is 10. The second kappa shape index (κ2) is 17.1. The maximum Gasteiger partial charge on any atom is 0.226 e. The number of ketones is 1. The topological polar surface area (TPSA) is 166 Å². The van der Waals surface area contributed by atoms with Gasteiger partial charge < -0.3 is 25.8 Å². The Morgan fingerprint density at radius 2 is 1.89 bits per heavy atom. The molecule has 45 heavy (non-hydrogen) atoms. The summed E-state index contributed by atoms with van der Waals surface area (Å²) in [7, 11) is 2.08. The number of likely N-dealkylation sites (N-methyl/N-ethyl adjacent to an activating group) is 1. The molecule has 2 atom stereocenters. The van der Waals surface area contributed by atoms with E-state index in [1.165, 1.54) is 30.1 Å². The van der Waals surface area contributed by atoms with Crippen LogP contribution in [0.3, 0.4) is 0 Å².